The molecule has 0 aromatic heterocycles. The van der Waals surface area contributed by atoms with Crippen LogP contribution in [0.1, 0.15) is 13.3 Å². The van der Waals surface area contributed by atoms with Gasteiger partial charge in [-0.1, -0.05) is 6.92 Å². The molecule has 6 heteroatoms. The van der Waals surface area contributed by atoms with Crippen molar-refractivity contribution in [2.75, 3.05) is 25.2 Å². The first-order valence-electron chi connectivity index (χ1n) is 6.27. The zero-order chi connectivity index (χ0) is 14.1. The lowest BCUT2D eigenvalue weighted by molar-refractivity contribution is -0.384. The van der Waals surface area contributed by atoms with Gasteiger partial charge in [0.05, 0.1) is 4.92 Å². The van der Waals surface area contributed by atoms with E-state index >= 15 is 0 Å². The lowest BCUT2D eigenvalue weighted by Crippen LogP contribution is -2.33. The summed E-state index contributed by atoms with van der Waals surface area (Å²) in [5, 5.41) is 13.9. The average Bonchev–Trinajstić information content (AvgIpc) is 2.42. The standard InChI is InChI=1S/C13H20N2O3S/c1-3-11(10-19-2)14-8-9-18-13-6-4-12(5-7-13)15(16)17/h4-7,11,14H,3,8-10H2,1-2H3. The van der Waals surface area contributed by atoms with Crippen LogP contribution in [-0.2, 0) is 0 Å². The van der Waals surface area contributed by atoms with E-state index < -0.39 is 4.92 Å². The summed E-state index contributed by atoms with van der Waals surface area (Å²) in [4.78, 5) is 10.1. The molecule has 0 bridgehead atoms. The minimum Gasteiger partial charge on any atom is -0.492 e. The fourth-order valence-electron chi connectivity index (χ4n) is 1.62. The average molecular weight is 284 g/mol. The van der Waals surface area contributed by atoms with Crippen LogP contribution < -0.4 is 10.1 Å². The fourth-order valence-corrected chi connectivity index (χ4v) is 2.37. The number of nitrogens with zero attached hydrogens (tertiary/aromatic N) is 1. The Balaban J connectivity index is 2.27. The molecule has 5 nitrogen and oxygen atoms in total. The largest absolute Gasteiger partial charge is 0.492 e. The van der Waals surface area contributed by atoms with Gasteiger partial charge in [-0.3, -0.25) is 10.1 Å². The van der Waals surface area contributed by atoms with Gasteiger partial charge in [-0.25, -0.2) is 0 Å². The van der Waals surface area contributed by atoms with Crippen molar-refractivity contribution < 1.29 is 9.66 Å². The van der Waals surface area contributed by atoms with Crippen LogP contribution in [0, 0.1) is 10.1 Å². The third-order valence-corrected chi connectivity index (χ3v) is 3.45. The lowest BCUT2D eigenvalue weighted by Gasteiger charge is -2.15. The van der Waals surface area contributed by atoms with Crippen molar-refractivity contribution in [3.8, 4) is 5.75 Å². The quantitative estimate of drug-likeness (QED) is 0.429. The van der Waals surface area contributed by atoms with Gasteiger partial charge in [0.2, 0.25) is 0 Å². The number of benzene rings is 1. The maximum atomic E-state index is 10.5. The van der Waals surface area contributed by atoms with Gasteiger partial charge in [0.15, 0.2) is 0 Å². The molecule has 0 saturated carbocycles. The van der Waals surface area contributed by atoms with Gasteiger partial charge < -0.3 is 10.1 Å². The number of thioether (sulfide) groups is 1. The molecule has 0 amide bonds. The van der Waals surface area contributed by atoms with E-state index in [4.69, 9.17) is 4.74 Å². The van der Waals surface area contributed by atoms with E-state index in [9.17, 15) is 10.1 Å². The van der Waals surface area contributed by atoms with Crippen molar-refractivity contribution in [3.05, 3.63) is 34.4 Å². The molecule has 106 valence electrons. The van der Waals surface area contributed by atoms with Gasteiger partial charge in [-0.2, -0.15) is 11.8 Å². The summed E-state index contributed by atoms with van der Waals surface area (Å²) < 4.78 is 5.52. The number of hydrogen-bond acceptors (Lipinski definition) is 5. The highest BCUT2D eigenvalue weighted by molar-refractivity contribution is 7.98. The van der Waals surface area contributed by atoms with Gasteiger partial charge in [-0.05, 0) is 24.8 Å². The topological polar surface area (TPSA) is 64.4 Å². The van der Waals surface area contributed by atoms with Gasteiger partial charge >= 0.3 is 0 Å². The van der Waals surface area contributed by atoms with Crippen LogP contribution in [0.25, 0.3) is 0 Å². The van der Waals surface area contributed by atoms with Crippen molar-refractivity contribution in [1.29, 1.82) is 0 Å². The Bertz CT molecular complexity index is 384. The Morgan fingerprint density at radius 3 is 2.63 bits per heavy atom. The van der Waals surface area contributed by atoms with Crippen molar-refractivity contribution >= 4 is 17.4 Å². The van der Waals surface area contributed by atoms with Crippen LogP contribution in [0.2, 0.25) is 0 Å². The predicted octanol–water partition coefficient (Wildman–Crippen LogP) is 2.70. The zero-order valence-electron chi connectivity index (χ0n) is 11.3. The minimum absolute atomic E-state index is 0.0801. The maximum Gasteiger partial charge on any atom is 0.269 e. The maximum absolute atomic E-state index is 10.5. The third-order valence-electron chi connectivity index (χ3n) is 2.71. The van der Waals surface area contributed by atoms with E-state index in [1.54, 1.807) is 12.1 Å². The highest BCUT2D eigenvalue weighted by Gasteiger charge is 2.05. The smallest absolute Gasteiger partial charge is 0.269 e. The van der Waals surface area contributed by atoms with Crippen molar-refractivity contribution in [1.82, 2.24) is 5.32 Å². The Hall–Kier alpha value is -1.27. The second-order valence-corrected chi connectivity index (χ2v) is 5.02. The Kier molecular flexibility index (Phi) is 7.28. The minimum atomic E-state index is -0.417. The molecule has 0 spiro atoms. The van der Waals surface area contributed by atoms with Crippen LogP contribution in [-0.4, -0.2) is 36.1 Å². The highest BCUT2D eigenvalue weighted by atomic mass is 32.2. The molecule has 0 aliphatic carbocycles. The normalized spacial score (nSPS) is 12.1. The molecule has 0 radical (unpaired) electrons. The molecular formula is C13H20N2O3S. The van der Waals surface area contributed by atoms with E-state index in [0.29, 0.717) is 18.4 Å². The highest BCUT2D eigenvalue weighted by Crippen LogP contribution is 2.16. The number of non-ortho nitro benzene ring substituents is 1. The first-order valence-corrected chi connectivity index (χ1v) is 7.66. The second kappa shape index (κ2) is 8.77. The summed E-state index contributed by atoms with van der Waals surface area (Å²) in [6.07, 6.45) is 3.19. The molecule has 0 aliphatic rings. The van der Waals surface area contributed by atoms with Gasteiger partial charge in [0.1, 0.15) is 12.4 Å². The summed E-state index contributed by atoms with van der Waals surface area (Å²) in [7, 11) is 0. The number of nitro benzene ring substituents is 1. The van der Waals surface area contributed by atoms with Crippen molar-refractivity contribution in [2.45, 2.75) is 19.4 Å². The van der Waals surface area contributed by atoms with E-state index in [1.165, 1.54) is 12.1 Å². The van der Waals surface area contributed by atoms with Crippen LogP contribution in [0.3, 0.4) is 0 Å². The van der Waals surface area contributed by atoms with E-state index in [1.807, 2.05) is 11.8 Å². The summed E-state index contributed by atoms with van der Waals surface area (Å²) in [6.45, 7) is 3.49. The molecule has 19 heavy (non-hydrogen) atoms. The molecule has 1 N–H and O–H groups in total. The fraction of sp³-hybridized carbons (Fsp3) is 0.538. The van der Waals surface area contributed by atoms with Gasteiger partial charge in [0.25, 0.3) is 5.69 Å². The Morgan fingerprint density at radius 2 is 2.11 bits per heavy atom. The number of rotatable bonds is 9. The number of nitro groups is 1. The second-order valence-electron chi connectivity index (χ2n) is 4.11. The molecule has 0 aliphatic heterocycles. The number of ether oxygens (including phenoxy) is 1. The molecular weight excluding hydrogens is 264 g/mol. The van der Waals surface area contributed by atoms with Crippen LogP contribution in [0.15, 0.2) is 24.3 Å². The summed E-state index contributed by atoms with van der Waals surface area (Å²) in [5.41, 5.74) is 0.0801. The van der Waals surface area contributed by atoms with E-state index in [0.717, 1.165) is 18.7 Å². The van der Waals surface area contributed by atoms with Crippen molar-refractivity contribution in [3.63, 3.8) is 0 Å². The summed E-state index contributed by atoms with van der Waals surface area (Å²) in [6, 6.07) is 6.65. The van der Waals surface area contributed by atoms with Gasteiger partial charge in [0, 0.05) is 30.5 Å². The predicted molar refractivity (Wildman–Crippen MR) is 79.1 cm³/mol. The van der Waals surface area contributed by atoms with Crippen LogP contribution in [0.5, 0.6) is 5.75 Å². The third kappa shape index (κ3) is 5.94. The molecule has 0 saturated heterocycles. The Labute approximate surface area is 117 Å². The molecule has 0 heterocycles. The van der Waals surface area contributed by atoms with Crippen LogP contribution in [0.4, 0.5) is 5.69 Å². The number of nitrogens with one attached hydrogen (secondary N) is 1. The van der Waals surface area contributed by atoms with Crippen molar-refractivity contribution in [2.24, 2.45) is 0 Å². The molecule has 0 fully saturated rings. The monoisotopic (exact) mass is 284 g/mol. The molecule has 1 aromatic rings. The lowest BCUT2D eigenvalue weighted by atomic mass is 10.2. The SMILES string of the molecule is CCC(CSC)NCCOc1ccc([N+](=O)[O-])cc1. The zero-order valence-corrected chi connectivity index (χ0v) is 12.1. The number of hydrogen-bond donors (Lipinski definition) is 1. The molecule has 1 atom stereocenters. The first-order chi connectivity index (χ1) is 9.17. The Morgan fingerprint density at radius 1 is 1.42 bits per heavy atom. The molecule has 1 rings (SSSR count). The molecule has 1 aromatic carbocycles. The van der Waals surface area contributed by atoms with E-state index in [2.05, 4.69) is 18.5 Å². The molecule has 1 unspecified atom stereocenters. The van der Waals surface area contributed by atoms with E-state index in [-0.39, 0.29) is 5.69 Å². The first kappa shape index (κ1) is 15.8. The van der Waals surface area contributed by atoms with Gasteiger partial charge in [-0.15, -0.1) is 0 Å². The summed E-state index contributed by atoms with van der Waals surface area (Å²) >= 11 is 1.83. The van der Waals surface area contributed by atoms with Crippen LogP contribution >= 0.6 is 11.8 Å². The summed E-state index contributed by atoms with van der Waals surface area (Å²) in [5.74, 6) is 1.75.